The van der Waals surface area contributed by atoms with Gasteiger partial charge in [0.1, 0.15) is 0 Å². The number of carbonyl (C=O) groups excluding carboxylic acids is 1. The zero-order chi connectivity index (χ0) is 18.4. The van der Waals surface area contributed by atoms with E-state index in [2.05, 4.69) is 11.5 Å². The normalized spacial score (nSPS) is 29.9. The van der Waals surface area contributed by atoms with Gasteiger partial charge in [-0.15, -0.1) is 0 Å². The highest BCUT2D eigenvalue weighted by molar-refractivity contribution is 6.35. The molecule has 5 nitrogen and oxygen atoms in total. The van der Waals surface area contributed by atoms with E-state index in [1.807, 2.05) is 9.80 Å². The number of nitrogens with zero attached hydrogens (tertiary/aromatic N) is 3. The van der Waals surface area contributed by atoms with Crippen LogP contribution in [0.4, 0.5) is 10.1 Å². The average molecular weight is 397 g/mol. The molecule has 138 valence electrons. The van der Waals surface area contributed by atoms with E-state index in [4.69, 9.17) is 23.2 Å². The van der Waals surface area contributed by atoms with Crippen molar-refractivity contribution in [2.75, 3.05) is 18.0 Å². The van der Waals surface area contributed by atoms with Gasteiger partial charge in [-0.3, -0.25) is 4.79 Å². The SMILES string of the molecule is N#CN1[C@H]2CC[C@@H]1[C@H](NC(=O)C1CCN(c3cc(Cl)c(F)c(Cl)c3)C1)C2. The van der Waals surface area contributed by atoms with Crippen LogP contribution in [0, 0.1) is 23.2 Å². The molecule has 3 aliphatic rings. The van der Waals surface area contributed by atoms with E-state index in [0.29, 0.717) is 13.1 Å². The van der Waals surface area contributed by atoms with Gasteiger partial charge in [-0.05, 0) is 37.8 Å². The number of hydrogen-bond acceptors (Lipinski definition) is 4. The van der Waals surface area contributed by atoms with E-state index < -0.39 is 5.82 Å². The Kier molecular flexibility index (Phi) is 4.62. The highest BCUT2D eigenvalue weighted by Gasteiger charge is 2.47. The lowest BCUT2D eigenvalue weighted by molar-refractivity contribution is -0.125. The fourth-order valence-electron chi connectivity index (χ4n) is 4.53. The van der Waals surface area contributed by atoms with Crippen molar-refractivity contribution in [3.05, 3.63) is 28.0 Å². The van der Waals surface area contributed by atoms with Crippen molar-refractivity contribution in [1.82, 2.24) is 10.2 Å². The van der Waals surface area contributed by atoms with Crippen LogP contribution in [0.2, 0.25) is 10.0 Å². The molecule has 1 N–H and O–H groups in total. The molecule has 1 aromatic rings. The molecule has 4 atom stereocenters. The molecule has 0 spiro atoms. The Bertz CT molecular complexity index is 760. The predicted molar refractivity (Wildman–Crippen MR) is 97.5 cm³/mol. The minimum Gasteiger partial charge on any atom is -0.371 e. The topological polar surface area (TPSA) is 59.4 Å². The van der Waals surface area contributed by atoms with Gasteiger partial charge in [0.05, 0.1) is 28.0 Å². The van der Waals surface area contributed by atoms with Crippen molar-refractivity contribution in [3.63, 3.8) is 0 Å². The van der Waals surface area contributed by atoms with Crippen molar-refractivity contribution >= 4 is 34.8 Å². The van der Waals surface area contributed by atoms with Gasteiger partial charge in [0, 0.05) is 24.8 Å². The Morgan fingerprint density at radius 1 is 1.27 bits per heavy atom. The Labute approximate surface area is 161 Å². The van der Waals surface area contributed by atoms with Gasteiger partial charge < -0.3 is 15.1 Å². The third kappa shape index (κ3) is 2.97. The molecule has 3 heterocycles. The van der Waals surface area contributed by atoms with E-state index in [1.165, 1.54) is 0 Å². The fourth-order valence-corrected chi connectivity index (χ4v) is 5.01. The van der Waals surface area contributed by atoms with Crippen LogP contribution < -0.4 is 10.2 Å². The van der Waals surface area contributed by atoms with Crippen LogP contribution in [0.15, 0.2) is 12.1 Å². The molecule has 0 aliphatic carbocycles. The summed E-state index contributed by atoms with van der Waals surface area (Å²) in [5.74, 6) is -0.724. The Morgan fingerprint density at radius 3 is 2.65 bits per heavy atom. The smallest absolute Gasteiger partial charge is 0.225 e. The molecule has 26 heavy (non-hydrogen) atoms. The second kappa shape index (κ2) is 6.79. The summed E-state index contributed by atoms with van der Waals surface area (Å²) in [4.78, 5) is 16.5. The van der Waals surface area contributed by atoms with Gasteiger partial charge in [-0.1, -0.05) is 23.2 Å². The van der Waals surface area contributed by atoms with E-state index >= 15 is 0 Å². The summed E-state index contributed by atoms with van der Waals surface area (Å²) >= 11 is 11.8. The maximum Gasteiger partial charge on any atom is 0.225 e. The van der Waals surface area contributed by atoms with Crippen LogP contribution in [0.5, 0.6) is 0 Å². The third-order valence-electron chi connectivity index (χ3n) is 5.87. The summed E-state index contributed by atoms with van der Waals surface area (Å²) < 4.78 is 13.6. The van der Waals surface area contributed by atoms with Crippen molar-refractivity contribution in [1.29, 1.82) is 5.26 Å². The van der Waals surface area contributed by atoms with Crippen LogP contribution in [0.1, 0.15) is 25.7 Å². The number of fused-ring (bicyclic) bond motifs is 2. The van der Waals surface area contributed by atoms with Crippen molar-refractivity contribution < 1.29 is 9.18 Å². The maximum absolute atomic E-state index is 13.6. The Morgan fingerprint density at radius 2 is 2.00 bits per heavy atom. The van der Waals surface area contributed by atoms with E-state index in [9.17, 15) is 14.4 Å². The molecule has 0 radical (unpaired) electrons. The van der Waals surface area contributed by atoms with Gasteiger partial charge in [-0.2, -0.15) is 5.26 Å². The van der Waals surface area contributed by atoms with Crippen molar-refractivity contribution in [2.24, 2.45) is 5.92 Å². The molecule has 1 unspecified atom stereocenters. The number of amides is 1. The summed E-state index contributed by atoms with van der Waals surface area (Å²) in [6, 6.07) is 3.57. The number of anilines is 1. The summed E-state index contributed by atoms with van der Waals surface area (Å²) in [5, 5.41) is 12.4. The van der Waals surface area contributed by atoms with Gasteiger partial charge in [-0.25, -0.2) is 4.39 Å². The molecule has 3 aliphatic heterocycles. The van der Waals surface area contributed by atoms with Crippen LogP contribution >= 0.6 is 23.2 Å². The number of nitrogens with one attached hydrogen (secondary N) is 1. The predicted octanol–water partition coefficient (Wildman–Crippen LogP) is 3.16. The number of carbonyl (C=O) groups is 1. The molecule has 2 bridgehead atoms. The zero-order valence-corrected chi connectivity index (χ0v) is 15.6. The minimum atomic E-state index is -0.621. The fraction of sp³-hybridized carbons (Fsp3) is 0.556. The van der Waals surface area contributed by atoms with E-state index in [-0.39, 0.29) is 40.0 Å². The van der Waals surface area contributed by atoms with Crippen LogP contribution in [0.3, 0.4) is 0 Å². The van der Waals surface area contributed by atoms with Crippen LogP contribution in [-0.4, -0.2) is 42.0 Å². The number of rotatable bonds is 3. The summed E-state index contributed by atoms with van der Waals surface area (Å²) in [6.45, 7) is 1.24. The van der Waals surface area contributed by atoms with Crippen molar-refractivity contribution in [2.45, 2.75) is 43.8 Å². The summed E-state index contributed by atoms with van der Waals surface area (Å²) in [7, 11) is 0. The molecule has 4 rings (SSSR count). The first-order valence-corrected chi connectivity index (χ1v) is 9.61. The summed E-state index contributed by atoms with van der Waals surface area (Å²) in [6.07, 6.45) is 5.84. The van der Waals surface area contributed by atoms with Crippen LogP contribution in [0.25, 0.3) is 0 Å². The standard InChI is InChI=1S/C18H19Cl2FN4O/c19-13-5-12(6-14(20)17(13)21)24-4-3-10(8-24)18(26)23-15-7-11-1-2-16(15)25(11)9-22/h5-6,10-11,15-16H,1-4,7-8H2,(H,23,26)/t10?,11-,15+,16+/m0/s1. The Balaban J connectivity index is 1.38. The van der Waals surface area contributed by atoms with Crippen molar-refractivity contribution in [3.8, 4) is 6.19 Å². The lowest BCUT2D eigenvalue weighted by atomic mass is 9.95. The maximum atomic E-state index is 13.6. The van der Waals surface area contributed by atoms with Gasteiger partial charge in [0.25, 0.3) is 0 Å². The number of nitriles is 1. The molecular weight excluding hydrogens is 378 g/mol. The first kappa shape index (κ1) is 17.7. The van der Waals surface area contributed by atoms with Crippen LogP contribution in [-0.2, 0) is 4.79 Å². The quantitative estimate of drug-likeness (QED) is 0.629. The molecular formula is C18H19Cl2FN4O. The molecule has 0 aromatic heterocycles. The van der Waals surface area contributed by atoms with Gasteiger partial charge in [0.2, 0.25) is 5.91 Å². The van der Waals surface area contributed by atoms with Gasteiger partial charge >= 0.3 is 0 Å². The zero-order valence-electron chi connectivity index (χ0n) is 14.1. The third-order valence-corrected chi connectivity index (χ3v) is 6.42. The second-order valence-corrected chi connectivity index (χ2v) is 8.13. The monoisotopic (exact) mass is 396 g/mol. The average Bonchev–Trinajstić information content (AvgIpc) is 3.33. The molecule has 3 fully saturated rings. The molecule has 1 aromatic carbocycles. The number of hydrogen-bond donors (Lipinski definition) is 1. The first-order valence-electron chi connectivity index (χ1n) is 8.86. The second-order valence-electron chi connectivity index (χ2n) is 7.31. The highest BCUT2D eigenvalue weighted by Crippen LogP contribution is 2.37. The lowest BCUT2D eigenvalue weighted by Gasteiger charge is -2.24. The molecule has 0 saturated carbocycles. The number of halogens is 3. The first-order chi connectivity index (χ1) is 12.5. The van der Waals surface area contributed by atoms with E-state index in [1.54, 1.807) is 12.1 Å². The number of benzene rings is 1. The van der Waals surface area contributed by atoms with Gasteiger partial charge in [0.15, 0.2) is 12.0 Å². The molecule has 8 heteroatoms. The Hall–Kier alpha value is -1.71. The minimum absolute atomic E-state index is 0.0148. The molecule has 3 saturated heterocycles. The summed E-state index contributed by atoms with van der Waals surface area (Å²) in [5.41, 5.74) is 0.729. The molecule has 1 amide bonds. The van der Waals surface area contributed by atoms with E-state index in [0.717, 1.165) is 31.4 Å². The lowest BCUT2D eigenvalue weighted by Crippen LogP contribution is -2.46. The largest absolute Gasteiger partial charge is 0.371 e. The highest BCUT2D eigenvalue weighted by atomic mass is 35.5.